The average molecular weight is 404 g/mol. The molecular formula is C24H25FN4O. The molecule has 2 heterocycles. The molecule has 30 heavy (non-hydrogen) atoms. The molecule has 4 rings (SSSR count). The van der Waals surface area contributed by atoms with Gasteiger partial charge in [-0.3, -0.25) is 4.79 Å². The van der Waals surface area contributed by atoms with Crippen molar-refractivity contribution >= 4 is 11.7 Å². The summed E-state index contributed by atoms with van der Waals surface area (Å²) in [6, 6.07) is 18.8. The number of hydrogen-bond acceptors (Lipinski definition) is 4. The van der Waals surface area contributed by atoms with Gasteiger partial charge in [-0.1, -0.05) is 49.4 Å². The van der Waals surface area contributed by atoms with E-state index >= 15 is 0 Å². The molecule has 0 atom stereocenters. The first kappa shape index (κ1) is 20.0. The minimum Gasteiger partial charge on any atom is -0.352 e. The Morgan fingerprint density at radius 1 is 0.933 bits per heavy atom. The molecule has 0 aliphatic carbocycles. The normalized spacial score (nSPS) is 14.1. The van der Waals surface area contributed by atoms with Gasteiger partial charge in [0.2, 0.25) is 5.91 Å². The number of benzene rings is 2. The van der Waals surface area contributed by atoms with E-state index in [4.69, 9.17) is 0 Å². The lowest BCUT2D eigenvalue weighted by atomic mass is 10.1. The molecule has 0 unspecified atom stereocenters. The van der Waals surface area contributed by atoms with Gasteiger partial charge < -0.3 is 9.80 Å². The highest BCUT2D eigenvalue weighted by atomic mass is 19.1. The van der Waals surface area contributed by atoms with E-state index in [0.29, 0.717) is 31.7 Å². The van der Waals surface area contributed by atoms with Gasteiger partial charge in [0.15, 0.2) is 5.82 Å². The number of aromatic nitrogens is 2. The van der Waals surface area contributed by atoms with Crippen LogP contribution in [0.3, 0.4) is 0 Å². The Morgan fingerprint density at radius 2 is 1.67 bits per heavy atom. The van der Waals surface area contributed by atoms with Gasteiger partial charge in [-0.15, -0.1) is 10.2 Å². The summed E-state index contributed by atoms with van der Waals surface area (Å²) in [5.74, 6) is 0.436. The predicted molar refractivity (Wildman–Crippen MR) is 116 cm³/mol. The van der Waals surface area contributed by atoms with Crippen molar-refractivity contribution in [3.63, 3.8) is 0 Å². The van der Waals surface area contributed by atoms with Crippen molar-refractivity contribution in [1.29, 1.82) is 0 Å². The Balaban J connectivity index is 1.34. The smallest absolute Gasteiger partial charge is 0.227 e. The van der Waals surface area contributed by atoms with Crippen molar-refractivity contribution in [2.45, 2.75) is 19.8 Å². The number of halogens is 1. The van der Waals surface area contributed by atoms with E-state index in [0.717, 1.165) is 23.5 Å². The van der Waals surface area contributed by atoms with Gasteiger partial charge in [-0.2, -0.15) is 0 Å². The maximum atomic E-state index is 13.8. The first-order valence-corrected chi connectivity index (χ1v) is 10.3. The molecule has 0 saturated carbocycles. The highest BCUT2D eigenvalue weighted by Crippen LogP contribution is 2.20. The lowest BCUT2D eigenvalue weighted by molar-refractivity contribution is -0.130. The summed E-state index contributed by atoms with van der Waals surface area (Å²) >= 11 is 0. The molecular weight excluding hydrogens is 379 g/mol. The van der Waals surface area contributed by atoms with Crippen LogP contribution >= 0.6 is 0 Å². The van der Waals surface area contributed by atoms with Crippen molar-refractivity contribution in [3.05, 3.63) is 77.6 Å². The highest BCUT2D eigenvalue weighted by molar-refractivity contribution is 5.79. The minimum atomic E-state index is -0.329. The Hall–Kier alpha value is -3.28. The van der Waals surface area contributed by atoms with Crippen LogP contribution < -0.4 is 4.90 Å². The topological polar surface area (TPSA) is 49.3 Å². The molecule has 0 radical (unpaired) electrons. The van der Waals surface area contributed by atoms with Gasteiger partial charge in [0.05, 0.1) is 12.1 Å². The predicted octanol–water partition coefficient (Wildman–Crippen LogP) is 3.74. The third-order valence-electron chi connectivity index (χ3n) is 5.56. The fraction of sp³-hybridized carbons (Fsp3) is 0.292. The summed E-state index contributed by atoms with van der Waals surface area (Å²) in [5, 5.41) is 8.78. The number of nitrogens with zero attached hydrogens (tertiary/aromatic N) is 4. The van der Waals surface area contributed by atoms with Crippen LogP contribution in [0, 0.1) is 5.82 Å². The van der Waals surface area contributed by atoms with Crippen molar-refractivity contribution < 1.29 is 9.18 Å². The van der Waals surface area contributed by atoms with Crippen molar-refractivity contribution in [2.75, 3.05) is 31.1 Å². The maximum absolute atomic E-state index is 13.8. The SMILES string of the molecule is CCc1ccc(-c2ccc(N3CCN(C(=O)Cc4ccccc4F)CC3)nn2)cc1. The van der Waals surface area contributed by atoms with E-state index in [1.54, 1.807) is 23.1 Å². The lowest BCUT2D eigenvalue weighted by Crippen LogP contribution is -2.49. The molecule has 1 aliphatic heterocycles. The van der Waals surface area contributed by atoms with Crippen molar-refractivity contribution in [1.82, 2.24) is 15.1 Å². The molecule has 0 bridgehead atoms. The van der Waals surface area contributed by atoms with E-state index in [1.165, 1.54) is 11.6 Å². The van der Waals surface area contributed by atoms with E-state index in [2.05, 4.69) is 46.3 Å². The highest BCUT2D eigenvalue weighted by Gasteiger charge is 2.23. The first-order valence-electron chi connectivity index (χ1n) is 10.3. The van der Waals surface area contributed by atoms with Crippen LogP contribution in [-0.4, -0.2) is 47.2 Å². The summed E-state index contributed by atoms with van der Waals surface area (Å²) in [7, 11) is 0. The molecule has 2 aromatic carbocycles. The molecule has 0 N–H and O–H groups in total. The second kappa shape index (κ2) is 9.03. The van der Waals surface area contributed by atoms with Gasteiger partial charge in [-0.05, 0) is 35.7 Å². The Morgan fingerprint density at radius 3 is 2.30 bits per heavy atom. The molecule has 1 aliphatic rings. The summed E-state index contributed by atoms with van der Waals surface area (Å²) < 4.78 is 13.8. The quantitative estimate of drug-likeness (QED) is 0.650. The number of anilines is 1. The second-order valence-corrected chi connectivity index (χ2v) is 7.46. The summed E-state index contributed by atoms with van der Waals surface area (Å²) in [6.45, 7) is 4.69. The van der Waals surface area contributed by atoms with Crippen LogP contribution in [0.5, 0.6) is 0 Å². The average Bonchev–Trinajstić information content (AvgIpc) is 2.81. The van der Waals surface area contributed by atoms with E-state index in [-0.39, 0.29) is 18.1 Å². The summed E-state index contributed by atoms with van der Waals surface area (Å²) in [4.78, 5) is 16.4. The number of rotatable bonds is 5. The van der Waals surface area contributed by atoms with E-state index in [1.807, 2.05) is 12.1 Å². The zero-order chi connectivity index (χ0) is 20.9. The molecule has 1 fully saturated rings. The Labute approximate surface area is 176 Å². The number of aryl methyl sites for hydroxylation is 1. The van der Waals surface area contributed by atoms with E-state index in [9.17, 15) is 9.18 Å². The van der Waals surface area contributed by atoms with E-state index < -0.39 is 0 Å². The molecule has 154 valence electrons. The molecule has 1 amide bonds. The maximum Gasteiger partial charge on any atom is 0.227 e. The second-order valence-electron chi connectivity index (χ2n) is 7.46. The number of carbonyl (C=O) groups is 1. The molecule has 0 spiro atoms. The van der Waals surface area contributed by atoms with Crippen LogP contribution in [-0.2, 0) is 17.6 Å². The van der Waals surface area contributed by atoms with Gasteiger partial charge in [0.1, 0.15) is 5.82 Å². The van der Waals surface area contributed by atoms with Gasteiger partial charge >= 0.3 is 0 Å². The van der Waals surface area contributed by atoms with Gasteiger partial charge in [0.25, 0.3) is 0 Å². The number of carbonyl (C=O) groups excluding carboxylic acids is 1. The van der Waals surface area contributed by atoms with Crippen LogP contribution in [0.4, 0.5) is 10.2 Å². The van der Waals surface area contributed by atoms with Crippen LogP contribution in [0.1, 0.15) is 18.1 Å². The first-order chi connectivity index (χ1) is 14.6. The molecule has 3 aromatic rings. The minimum absolute atomic E-state index is 0.0447. The number of amides is 1. The monoisotopic (exact) mass is 404 g/mol. The molecule has 5 nitrogen and oxygen atoms in total. The third kappa shape index (κ3) is 4.48. The fourth-order valence-electron chi connectivity index (χ4n) is 3.66. The van der Waals surface area contributed by atoms with Crippen LogP contribution in [0.2, 0.25) is 0 Å². The third-order valence-corrected chi connectivity index (χ3v) is 5.56. The Kier molecular flexibility index (Phi) is 6.02. The molecule has 1 aromatic heterocycles. The van der Waals surface area contributed by atoms with Crippen LogP contribution in [0.25, 0.3) is 11.3 Å². The number of piperazine rings is 1. The van der Waals surface area contributed by atoms with Gasteiger partial charge in [0, 0.05) is 31.7 Å². The molecule has 1 saturated heterocycles. The lowest BCUT2D eigenvalue weighted by Gasteiger charge is -2.35. The van der Waals surface area contributed by atoms with Crippen molar-refractivity contribution in [2.24, 2.45) is 0 Å². The largest absolute Gasteiger partial charge is 0.352 e. The fourth-order valence-corrected chi connectivity index (χ4v) is 3.66. The zero-order valence-electron chi connectivity index (χ0n) is 17.1. The van der Waals surface area contributed by atoms with Gasteiger partial charge in [-0.25, -0.2) is 4.39 Å². The van der Waals surface area contributed by atoms with Crippen molar-refractivity contribution in [3.8, 4) is 11.3 Å². The Bertz CT molecular complexity index is 996. The summed E-state index contributed by atoms with van der Waals surface area (Å²) in [5.41, 5.74) is 3.64. The van der Waals surface area contributed by atoms with Crippen LogP contribution in [0.15, 0.2) is 60.7 Å². The summed E-state index contributed by atoms with van der Waals surface area (Å²) in [6.07, 6.45) is 1.11. The number of hydrogen-bond donors (Lipinski definition) is 0. The molecule has 6 heteroatoms. The standard InChI is InChI=1S/C24H25FN4O/c1-2-18-7-9-19(10-8-18)22-11-12-23(27-26-22)28-13-15-29(16-14-28)24(30)17-20-5-3-4-6-21(20)25/h3-12H,2,13-17H2,1H3. The zero-order valence-corrected chi connectivity index (χ0v) is 17.1.